The molecule has 0 unspecified atom stereocenters. The van der Waals surface area contributed by atoms with E-state index >= 15 is 0 Å². The molecular formula is C8H12O. The number of aliphatic hydroxyl groups is 1. The highest BCUT2D eigenvalue weighted by Gasteiger charge is 2.17. The van der Waals surface area contributed by atoms with Crippen molar-refractivity contribution < 1.29 is 5.11 Å². The maximum absolute atomic E-state index is 9.19. The zero-order chi connectivity index (χ0) is 6.69. The molecule has 9 heavy (non-hydrogen) atoms. The Bertz CT molecular complexity index is 127. The van der Waals surface area contributed by atoms with Crippen LogP contribution in [-0.4, -0.2) is 11.2 Å². The van der Waals surface area contributed by atoms with Gasteiger partial charge in [-0.2, -0.15) is 0 Å². The van der Waals surface area contributed by atoms with Gasteiger partial charge < -0.3 is 5.11 Å². The lowest BCUT2D eigenvalue weighted by molar-refractivity contribution is 0.166. The molecule has 0 amide bonds. The SMILES string of the molecule is C=CC[C@@H]1CC=C[C@H]1O. The van der Waals surface area contributed by atoms with Crippen LogP contribution in [0.1, 0.15) is 12.8 Å². The first-order valence-electron chi connectivity index (χ1n) is 3.30. The van der Waals surface area contributed by atoms with E-state index in [-0.39, 0.29) is 6.10 Å². The van der Waals surface area contributed by atoms with Gasteiger partial charge >= 0.3 is 0 Å². The molecular weight excluding hydrogens is 112 g/mol. The molecule has 0 saturated heterocycles. The lowest BCUT2D eigenvalue weighted by Gasteiger charge is -2.09. The van der Waals surface area contributed by atoms with E-state index in [4.69, 9.17) is 0 Å². The second-order valence-electron chi connectivity index (χ2n) is 2.44. The average Bonchev–Trinajstić information content (AvgIpc) is 2.18. The van der Waals surface area contributed by atoms with Crippen LogP contribution in [0.3, 0.4) is 0 Å². The molecule has 1 nitrogen and oxygen atoms in total. The van der Waals surface area contributed by atoms with Crippen LogP contribution in [-0.2, 0) is 0 Å². The van der Waals surface area contributed by atoms with Gasteiger partial charge in [0.1, 0.15) is 0 Å². The highest BCUT2D eigenvalue weighted by molar-refractivity contribution is 5.02. The standard InChI is InChI=1S/C8H12O/c1-2-4-7-5-3-6-8(7)9/h2-3,6-9H,1,4-5H2/t7-,8-/m1/s1. The van der Waals surface area contributed by atoms with Crippen molar-refractivity contribution in [3.05, 3.63) is 24.8 Å². The molecule has 50 valence electrons. The summed E-state index contributed by atoms with van der Waals surface area (Å²) in [6.07, 6.45) is 7.46. The maximum Gasteiger partial charge on any atom is 0.0754 e. The van der Waals surface area contributed by atoms with Gasteiger partial charge in [0.2, 0.25) is 0 Å². The highest BCUT2D eigenvalue weighted by Crippen LogP contribution is 2.21. The summed E-state index contributed by atoms with van der Waals surface area (Å²) < 4.78 is 0. The van der Waals surface area contributed by atoms with E-state index in [0.29, 0.717) is 5.92 Å². The molecule has 0 aliphatic heterocycles. The van der Waals surface area contributed by atoms with E-state index in [9.17, 15) is 5.11 Å². The van der Waals surface area contributed by atoms with Crippen molar-refractivity contribution >= 4 is 0 Å². The fourth-order valence-corrected chi connectivity index (χ4v) is 1.14. The van der Waals surface area contributed by atoms with Gasteiger partial charge in [0.25, 0.3) is 0 Å². The molecule has 0 aromatic heterocycles. The second-order valence-corrected chi connectivity index (χ2v) is 2.44. The first-order chi connectivity index (χ1) is 4.34. The van der Waals surface area contributed by atoms with E-state index < -0.39 is 0 Å². The first kappa shape index (κ1) is 6.56. The van der Waals surface area contributed by atoms with Gasteiger partial charge in [-0.05, 0) is 18.8 Å². The molecule has 0 aromatic rings. The summed E-state index contributed by atoms with van der Waals surface area (Å²) in [5, 5.41) is 9.19. The van der Waals surface area contributed by atoms with Gasteiger partial charge in [-0.1, -0.05) is 18.2 Å². The van der Waals surface area contributed by atoms with Crippen molar-refractivity contribution in [2.24, 2.45) is 5.92 Å². The van der Waals surface area contributed by atoms with Crippen molar-refractivity contribution in [1.82, 2.24) is 0 Å². The number of rotatable bonds is 2. The number of allylic oxidation sites excluding steroid dienone is 2. The predicted molar refractivity (Wildman–Crippen MR) is 38.1 cm³/mol. The molecule has 1 rings (SSSR count). The predicted octanol–water partition coefficient (Wildman–Crippen LogP) is 1.50. The third-order valence-corrected chi connectivity index (χ3v) is 1.72. The van der Waals surface area contributed by atoms with E-state index in [0.717, 1.165) is 12.8 Å². The summed E-state index contributed by atoms with van der Waals surface area (Å²) in [5.41, 5.74) is 0. The fraction of sp³-hybridized carbons (Fsp3) is 0.500. The number of hydrogen-bond donors (Lipinski definition) is 1. The Hall–Kier alpha value is -0.560. The summed E-state index contributed by atoms with van der Waals surface area (Å²) in [4.78, 5) is 0. The Morgan fingerprint density at radius 3 is 3.00 bits per heavy atom. The minimum absolute atomic E-state index is 0.219. The fourth-order valence-electron chi connectivity index (χ4n) is 1.14. The van der Waals surface area contributed by atoms with Crippen molar-refractivity contribution in [3.8, 4) is 0 Å². The Kier molecular flexibility index (Phi) is 2.06. The van der Waals surface area contributed by atoms with Gasteiger partial charge in [0, 0.05) is 0 Å². The summed E-state index contributed by atoms with van der Waals surface area (Å²) in [7, 11) is 0. The van der Waals surface area contributed by atoms with E-state index in [1.165, 1.54) is 0 Å². The summed E-state index contributed by atoms with van der Waals surface area (Å²) in [5.74, 6) is 0.405. The lowest BCUT2D eigenvalue weighted by Crippen LogP contribution is -2.11. The van der Waals surface area contributed by atoms with Crippen LogP contribution in [0.4, 0.5) is 0 Å². The monoisotopic (exact) mass is 124 g/mol. The average molecular weight is 124 g/mol. The molecule has 1 heteroatoms. The smallest absolute Gasteiger partial charge is 0.0754 e. The van der Waals surface area contributed by atoms with Crippen LogP contribution in [0.15, 0.2) is 24.8 Å². The first-order valence-corrected chi connectivity index (χ1v) is 3.30. The summed E-state index contributed by atoms with van der Waals surface area (Å²) >= 11 is 0. The zero-order valence-corrected chi connectivity index (χ0v) is 5.46. The highest BCUT2D eigenvalue weighted by atomic mass is 16.3. The van der Waals surface area contributed by atoms with Crippen LogP contribution >= 0.6 is 0 Å². The minimum Gasteiger partial charge on any atom is -0.389 e. The van der Waals surface area contributed by atoms with Crippen LogP contribution in [0.5, 0.6) is 0 Å². The molecule has 0 spiro atoms. The minimum atomic E-state index is -0.219. The molecule has 1 aliphatic rings. The molecule has 0 radical (unpaired) electrons. The second kappa shape index (κ2) is 2.83. The Labute approximate surface area is 55.7 Å². The normalized spacial score (nSPS) is 33.0. The van der Waals surface area contributed by atoms with Crippen LogP contribution in [0.2, 0.25) is 0 Å². The quantitative estimate of drug-likeness (QED) is 0.553. The number of hydrogen-bond acceptors (Lipinski definition) is 1. The molecule has 2 atom stereocenters. The van der Waals surface area contributed by atoms with Gasteiger partial charge in [-0.25, -0.2) is 0 Å². The molecule has 0 aromatic carbocycles. The lowest BCUT2D eigenvalue weighted by atomic mass is 10.0. The molecule has 1 aliphatic carbocycles. The Morgan fingerprint density at radius 2 is 2.56 bits per heavy atom. The third kappa shape index (κ3) is 1.42. The van der Waals surface area contributed by atoms with E-state index in [1.54, 1.807) is 0 Å². The van der Waals surface area contributed by atoms with Gasteiger partial charge in [-0.15, -0.1) is 6.58 Å². The van der Waals surface area contributed by atoms with Crippen LogP contribution in [0.25, 0.3) is 0 Å². The topological polar surface area (TPSA) is 20.2 Å². The third-order valence-electron chi connectivity index (χ3n) is 1.72. The van der Waals surface area contributed by atoms with Gasteiger partial charge in [0.15, 0.2) is 0 Å². The summed E-state index contributed by atoms with van der Waals surface area (Å²) in [6, 6.07) is 0. The molecule has 0 saturated carbocycles. The van der Waals surface area contributed by atoms with Gasteiger partial charge in [0.05, 0.1) is 6.10 Å². The molecule has 0 heterocycles. The molecule has 0 bridgehead atoms. The largest absolute Gasteiger partial charge is 0.389 e. The Balaban J connectivity index is 2.36. The van der Waals surface area contributed by atoms with Crippen LogP contribution < -0.4 is 0 Å². The van der Waals surface area contributed by atoms with Crippen molar-refractivity contribution in [2.75, 3.05) is 0 Å². The van der Waals surface area contributed by atoms with E-state index in [2.05, 4.69) is 6.58 Å². The van der Waals surface area contributed by atoms with Crippen molar-refractivity contribution in [3.63, 3.8) is 0 Å². The number of aliphatic hydroxyl groups excluding tert-OH is 1. The maximum atomic E-state index is 9.19. The zero-order valence-electron chi connectivity index (χ0n) is 5.46. The summed E-state index contributed by atoms with van der Waals surface area (Å²) in [6.45, 7) is 3.62. The van der Waals surface area contributed by atoms with E-state index in [1.807, 2.05) is 18.2 Å². The van der Waals surface area contributed by atoms with Crippen LogP contribution in [0, 0.1) is 5.92 Å². The van der Waals surface area contributed by atoms with Crippen molar-refractivity contribution in [2.45, 2.75) is 18.9 Å². The molecule has 1 N–H and O–H groups in total. The Morgan fingerprint density at radius 1 is 1.78 bits per heavy atom. The van der Waals surface area contributed by atoms with Gasteiger partial charge in [-0.3, -0.25) is 0 Å². The van der Waals surface area contributed by atoms with Crippen molar-refractivity contribution in [1.29, 1.82) is 0 Å². The molecule has 0 fully saturated rings.